The van der Waals surface area contributed by atoms with Gasteiger partial charge in [-0.25, -0.2) is 0 Å². The molecule has 2 amide bonds. The number of primary amides is 1. The minimum atomic E-state index is -1.23. The first-order valence-corrected chi connectivity index (χ1v) is 8.54. The van der Waals surface area contributed by atoms with Gasteiger partial charge in [-0.2, -0.15) is 0 Å². The zero-order chi connectivity index (χ0) is 15.9. The Morgan fingerprint density at radius 2 is 2.09 bits per heavy atom. The van der Waals surface area contributed by atoms with Crippen molar-refractivity contribution >= 4 is 22.6 Å². The second-order valence-corrected chi connectivity index (χ2v) is 6.69. The van der Waals surface area contributed by atoms with Gasteiger partial charge in [-0.3, -0.25) is 13.8 Å². The summed E-state index contributed by atoms with van der Waals surface area (Å²) in [5.41, 5.74) is 5.32. The molecular formula is C15H20N2O4S. The molecule has 22 heavy (non-hydrogen) atoms. The fraction of sp³-hybridized carbons (Fsp3) is 0.467. The second-order valence-electron chi connectivity index (χ2n) is 5.12. The fourth-order valence-corrected chi connectivity index (χ4v) is 3.40. The third kappa shape index (κ3) is 4.64. The number of nitrogens with one attached hydrogen (secondary N) is 1. The lowest BCUT2D eigenvalue weighted by atomic mass is 10.2. The molecule has 1 aliphatic heterocycles. The molecule has 0 aromatic heterocycles. The van der Waals surface area contributed by atoms with Crippen molar-refractivity contribution in [1.29, 1.82) is 0 Å². The van der Waals surface area contributed by atoms with Gasteiger partial charge in [-0.1, -0.05) is 18.2 Å². The Balaban J connectivity index is 1.87. The zero-order valence-corrected chi connectivity index (χ0v) is 13.0. The molecule has 0 unspecified atom stereocenters. The van der Waals surface area contributed by atoms with E-state index in [4.69, 9.17) is 10.5 Å². The molecule has 7 heteroatoms. The highest BCUT2D eigenvalue weighted by Gasteiger charge is 2.27. The van der Waals surface area contributed by atoms with Crippen LogP contribution in [-0.2, 0) is 25.1 Å². The first kappa shape index (κ1) is 16.6. The highest BCUT2D eigenvalue weighted by Crippen LogP contribution is 2.13. The molecule has 1 saturated heterocycles. The Bertz CT molecular complexity index is 544. The van der Waals surface area contributed by atoms with Crippen LogP contribution in [0.25, 0.3) is 0 Å². The van der Waals surface area contributed by atoms with E-state index in [1.54, 1.807) is 24.3 Å². The Labute approximate surface area is 131 Å². The lowest BCUT2D eigenvalue weighted by Gasteiger charge is -2.17. The Hall–Kier alpha value is -1.73. The van der Waals surface area contributed by atoms with Gasteiger partial charge >= 0.3 is 0 Å². The molecule has 1 fully saturated rings. The summed E-state index contributed by atoms with van der Waals surface area (Å²) >= 11 is 0. The number of hydrogen-bond donors (Lipinski definition) is 2. The van der Waals surface area contributed by atoms with Crippen LogP contribution in [0.15, 0.2) is 35.2 Å². The molecule has 2 rings (SSSR count). The van der Waals surface area contributed by atoms with E-state index in [0.29, 0.717) is 17.9 Å². The van der Waals surface area contributed by atoms with Gasteiger partial charge in [-0.15, -0.1) is 0 Å². The summed E-state index contributed by atoms with van der Waals surface area (Å²) in [6, 6.07) is 8.15. The lowest BCUT2D eigenvalue weighted by molar-refractivity contribution is -0.133. The number of carbonyl (C=O) groups excluding carboxylic acids is 2. The van der Waals surface area contributed by atoms with E-state index in [1.807, 2.05) is 6.07 Å². The Kier molecular flexibility index (Phi) is 6.09. The van der Waals surface area contributed by atoms with Crippen molar-refractivity contribution in [2.24, 2.45) is 5.73 Å². The summed E-state index contributed by atoms with van der Waals surface area (Å²) in [6.45, 7) is 0.553. The molecule has 1 heterocycles. The largest absolute Gasteiger partial charge is 0.368 e. The van der Waals surface area contributed by atoms with Crippen molar-refractivity contribution in [2.75, 3.05) is 12.4 Å². The van der Waals surface area contributed by atoms with E-state index in [1.165, 1.54) is 0 Å². The van der Waals surface area contributed by atoms with Gasteiger partial charge in [0.2, 0.25) is 11.8 Å². The normalized spacial score (nSPS) is 20.3. The molecule has 6 nitrogen and oxygen atoms in total. The fourth-order valence-electron chi connectivity index (χ4n) is 2.25. The Morgan fingerprint density at radius 1 is 1.36 bits per heavy atom. The van der Waals surface area contributed by atoms with Crippen LogP contribution in [0, 0.1) is 0 Å². The van der Waals surface area contributed by atoms with Gasteiger partial charge in [0.25, 0.3) is 0 Å². The molecule has 0 saturated carbocycles. The summed E-state index contributed by atoms with van der Waals surface area (Å²) in [5.74, 6) is -0.702. The predicted octanol–water partition coefficient (Wildman–Crippen LogP) is 0.333. The van der Waals surface area contributed by atoms with Gasteiger partial charge in [0.15, 0.2) is 0 Å². The molecule has 1 aromatic rings. The van der Waals surface area contributed by atoms with Crippen LogP contribution in [0.2, 0.25) is 0 Å². The minimum Gasteiger partial charge on any atom is -0.368 e. The monoisotopic (exact) mass is 324 g/mol. The number of amides is 2. The third-order valence-corrected chi connectivity index (χ3v) is 4.88. The molecule has 120 valence electrons. The van der Waals surface area contributed by atoms with E-state index in [-0.39, 0.29) is 18.1 Å². The quantitative estimate of drug-likeness (QED) is 0.755. The van der Waals surface area contributed by atoms with Crippen molar-refractivity contribution in [3.63, 3.8) is 0 Å². The third-order valence-electron chi connectivity index (χ3n) is 3.48. The predicted molar refractivity (Wildman–Crippen MR) is 82.4 cm³/mol. The summed E-state index contributed by atoms with van der Waals surface area (Å²) in [6.07, 6.45) is 1.20. The molecule has 3 atom stereocenters. The summed E-state index contributed by atoms with van der Waals surface area (Å²) in [5, 5.41) is 2.59. The molecule has 3 N–H and O–H groups in total. The van der Waals surface area contributed by atoms with Crippen LogP contribution >= 0.6 is 0 Å². The number of carbonyl (C=O) groups is 2. The topological polar surface area (TPSA) is 98.5 Å². The van der Waals surface area contributed by atoms with Crippen molar-refractivity contribution < 1.29 is 18.5 Å². The number of nitrogens with two attached hydrogens (primary N) is 1. The van der Waals surface area contributed by atoms with Crippen molar-refractivity contribution in [2.45, 2.75) is 36.3 Å². The first-order valence-electron chi connectivity index (χ1n) is 7.22. The van der Waals surface area contributed by atoms with Crippen LogP contribution in [0.3, 0.4) is 0 Å². The summed E-state index contributed by atoms with van der Waals surface area (Å²) < 4.78 is 17.4. The highest BCUT2D eigenvalue weighted by atomic mass is 32.2. The number of ether oxygens (including phenoxy) is 1. The maximum absolute atomic E-state index is 12.1. The molecule has 0 radical (unpaired) electrons. The molecule has 1 aliphatic rings. The van der Waals surface area contributed by atoms with E-state index in [2.05, 4.69) is 5.32 Å². The van der Waals surface area contributed by atoms with Crippen molar-refractivity contribution in [3.8, 4) is 0 Å². The van der Waals surface area contributed by atoms with Crippen LogP contribution < -0.4 is 11.1 Å². The molecular weight excluding hydrogens is 304 g/mol. The molecule has 0 bridgehead atoms. The average Bonchev–Trinajstić information content (AvgIpc) is 3.06. The van der Waals surface area contributed by atoms with E-state index < -0.39 is 28.9 Å². The van der Waals surface area contributed by atoms with Gasteiger partial charge < -0.3 is 15.8 Å². The van der Waals surface area contributed by atoms with E-state index >= 15 is 0 Å². The van der Waals surface area contributed by atoms with Crippen LogP contribution in [0.4, 0.5) is 0 Å². The van der Waals surface area contributed by atoms with Crippen molar-refractivity contribution in [3.05, 3.63) is 30.3 Å². The van der Waals surface area contributed by atoms with Gasteiger partial charge in [-0.05, 0) is 31.4 Å². The second kappa shape index (κ2) is 8.05. The number of rotatable bonds is 7. The Morgan fingerprint density at radius 3 is 2.68 bits per heavy atom. The maximum Gasteiger partial charge on any atom is 0.249 e. The number of hydrogen-bond acceptors (Lipinski definition) is 4. The van der Waals surface area contributed by atoms with Crippen LogP contribution in [0.1, 0.15) is 19.3 Å². The van der Waals surface area contributed by atoms with Crippen molar-refractivity contribution in [1.82, 2.24) is 5.32 Å². The van der Waals surface area contributed by atoms with Gasteiger partial charge in [0.05, 0.1) is 10.8 Å². The summed E-state index contributed by atoms with van der Waals surface area (Å²) in [7, 11) is -1.23. The molecule has 0 spiro atoms. The molecule has 1 aromatic carbocycles. The van der Waals surface area contributed by atoms with Crippen LogP contribution in [0.5, 0.6) is 0 Å². The maximum atomic E-state index is 12.1. The highest BCUT2D eigenvalue weighted by molar-refractivity contribution is 7.85. The van der Waals surface area contributed by atoms with Gasteiger partial charge in [0.1, 0.15) is 12.1 Å². The standard InChI is InChI=1S/C15H20N2O4S/c16-14(18)12(17-15(19)13-7-4-9-21-13)8-10-22(20)11-5-2-1-3-6-11/h1-3,5-6,12-13H,4,7-10H2,(H2,16,18)(H,17,19)/t12-,13-,22-/m1/s1. The van der Waals surface area contributed by atoms with Gasteiger partial charge in [0, 0.05) is 17.3 Å². The molecule has 0 aliphatic carbocycles. The van der Waals surface area contributed by atoms with E-state index in [0.717, 1.165) is 6.42 Å². The first-order chi connectivity index (χ1) is 10.6. The minimum absolute atomic E-state index is 0.231. The lowest BCUT2D eigenvalue weighted by Crippen LogP contribution is -2.48. The SMILES string of the molecule is NC(=O)[C@@H](CC[S@@](=O)c1ccccc1)NC(=O)[C@H]1CCCO1. The summed E-state index contributed by atoms with van der Waals surface area (Å²) in [4.78, 5) is 24.1. The number of benzene rings is 1. The van der Waals surface area contributed by atoms with Crippen LogP contribution in [-0.4, -0.2) is 40.5 Å². The van der Waals surface area contributed by atoms with E-state index in [9.17, 15) is 13.8 Å². The average molecular weight is 324 g/mol. The smallest absolute Gasteiger partial charge is 0.249 e. The zero-order valence-electron chi connectivity index (χ0n) is 12.2.